The Morgan fingerprint density at radius 1 is 1.21 bits per heavy atom. The van der Waals surface area contributed by atoms with E-state index >= 15 is 0 Å². The number of carbonyl (C=O) groups is 1. The smallest absolute Gasteiger partial charge is 0.445 e. The topological polar surface area (TPSA) is 73.3 Å². The van der Waals surface area contributed by atoms with Crippen LogP contribution in [0.2, 0.25) is 0 Å². The van der Waals surface area contributed by atoms with E-state index in [1.165, 1.54) is 20.3 Å². The van der Waals surface area contributed by atoms with Gasteiger partial charge < -0.3 is 9.47 Å². The lowest BCUT2D eigenvalue weighted by Crippen LogP contribution is -2.07. The summed E-state index contributed by atoms with van der Waals surface area (Å²) in [6.07, 6.45) is -1.95. The minimum absolute atomic E-state index is 0.232. The second kappa shape index (κ2) is 7.30. The Morgan fingerprint density at radius 3 is 2.50 bits per heavy atom. The van der Waals surface area contributed by atoms with Crippen molar-refractivity contribution in [2.45, 2.75) is 6.18 Å². The number of ether oxygens (including phenoxy) is 2. The summed E-state index contributed by atoms with van der Waals surface area (Å²) in [5.74, 6) is 0.390. The fourth-order valence-electron chi connectivity index (χ4n) is 1.66. The van der Waals surface area contributed by atoms with Crippen LogP contribution in [0.4, 0.5) is 18.3 Å². The van der Waals surface area contributed by atoms with Crippen LogP contribution < -0.4 is 14.8 Å². The van der Waals surface area contributed by atoms with Crippen LogP contribution in [0.3, 0.4) is 0 Å². The fraction of sp³-hybridized carbons (Fsp3) is 0.214. The van der Waals surface area contributed by atoms with Gasteiger partial charge in [0.25, 0.3) is 0 Å². The number of rotatable bonds is 5. The highest BCUT2D eigenvalue weighted by molar-refractivity contribution is 7.15. The molecule has 2 rings (SSSR count). The number of carbonyl (C=O) groups excluding carboxylic acids is 1. The predicted molar refractivity (Wildman–Crippen MR) is 82.1 cm³/mol. The number of hydrogen-bond acceptors (Lipinski definition) is 6. The van der Waals surface area contributed by atoms with E-state index in [0.717, 1.165) is 6.08 Å². The number of alkyl halides is 3. The molecule has 0 unspecified atom stereocenters. The van der Waals surface area contributed by atoms with Crippen LogP contribution in [0.5, 0.6) is 11.5 Å². The number of aromatic nitrogens is 2. The van der Waals surface area contributed by atoms with Gasteiger partial charge in [0.2, 0.25) is 16.0 Å². The number of hydrogen-bond donors (Lipinski definition) is 1. The van der Waals surface area contributed by atoms with Crippen LogP contribution in [-0.2, 0) is 11.0 Å². The van der Waals surface area contributed by atoms with E-state index in [4.69, 9.17) is 9.47 Å². The van der Waals surface area contributed by atoms with Crippen molar-refractivity contribution in [1.82, 2.24) is 10.2 Å². The summed E-state index contributed by atoms with van der Waals surface area (Å²) in [7, 11) is 2.98. The molecule has 0 aliphatic heterocycles. The molecule has 2 aromatic rings. The van der Waals surface area contributed by atoms with E-state index in [-0.39, 0.29) is 16.5 Å². The molecule has 1 heterocycles. The van der Waals surface area contributed by atoms with E-state index in [9.17, 15) is 18.0 Å². The predicted octanol–water partition coefficient (Wildman–Crippen LogP) is 3.23. The van der Waals surface area contributed by atoms with Gasteiger partial charge in [-0.1, -0.05) is 17.4 Å². The minimum Gasteiger partial charge on any atom is -0.493 e. The largest absolute Gasteiger partial charge is 0.493 e. The molecule has 128 valence electrons. The van der Waals surface area contributed by atoms with Crippen molar-refractivity contribution in [3.63, 3.8) is 0 Å². The van der Waals surface area contributed by atoms with Gasteiger partial charge in [-0.3, -0.25) is 10.1 Å². The molecule has 0 atom stereocenters. The number of nitrogens with one attached hydrogen (secondary N) is 1. The maximum Gasteiger partial charge on any atom is 0.445 e. The highest BCUT2D eigenvalue weighted by Gasteiger charge is 2.35. The zero-order valence-corrected chi connectivity index (χ0v) is 13.4. The van der Waals surface area contributed by atoms with Crippen molar-refractivity contribution >= 4 is 28.5 Å². The molecule has 24 heavy (non-hydrogen) atoms. The lowest BCUT2D eigenvalue weighted by Gasteiger charge is -2.07. The van der Waals surface area contributed by atoms with Crippen molar-refractivity contribution < 1.29 is 27.4 Å². The Balaban J connectivity index is 2.04. The van der Waals surface area contributed by atoms with Crippen molar-refractivity contribution in [3.8, 4) is 11.5 Å². The molecular formula is C14H12F3N3O3S. The highest BCUT2D eigenvalue weighted by Crippen LogP contribution is 2.33. The summed E-state index contributed by atoms with van der Waals surface area (Å²) in [6.45, 7) is 0. The molecule has 0 fully saturated rings. The molecule has 1 N–H and O–H groups in total. The SMILES string of the molecule is COc1ccc(/C=C/C(=O)Nc2nnc(C(F)(F)F)s2)cc1OC. The third kappa shape index (κ3) is 4.44. The summed E-state index contributed by atoms with van der Waals surface area (Å²) in [4.78, 5) is 11.7. The summed E-state index contributed by atoms with van der Waals surface area (Å²) in [6, 6.07) is 5.00. The van der Waals surface area contributed by atoms with E-state index in [2.05, 4.69) is 15.5 Å². The van der Waals surface area contributed by atoms with Gasteiger partial charge >= 0.3 is 6.18 Å². The van der Waals surface area contributed by atoms with Gasteiger partial charge in [0.15, 0.2) is 11.5 Å². The third-order valence-electron chi connectivity index (χ3n) is 2.73. The Bertz CT molecular complexity index is 759. The Kier molecular flexibility index (Phi) is 5.39. The highest BCUT2D eigenvalue weighted by atomic mass is 32.1. The monoisotopic (exact) mass is 359 g/mol. The number of nitrogens with zero attached hydrogens (tertiary/aromatic N) is 2. The number of methoxy groups -OCH3 is 2. The van der Waals surface area contributed by atoms with Crippen LogP contribution >= 0.6 is 11.3 Å². The molecule has 1 amide bonds. The van der Waals surface area contributed by atoms with Crippen molar-refractivity contribution in [1.29, 1.82) is 0 Å². The van der Waals surface area contributed by atoms with Crippen molar-refractivity contribution in [2.75, 3.05) is 19.5 Å². The molecular weight excluding hydrogens is 347 g/mol. The van der Waals surface area contributed by atoms with Gasteiger partial charge in [-0.25, -0.2) is 0 Å². The average Bonchev–Trinajstić information content (AvgIpc) is 3.01. The van der Waals surface area contributed by atoms with E-state index in [1.807, 2.05) is 0 Å². The summed E-state index contributed by atoms with van der Waals surface area (Å²) in [5.41, 5.74) is 0.649. The maximum absolute atomic E-state index is 12.4. The molecule has 0 bridgehead atoms. The third-order valence-corrected chi connectivity index (χ3v) is 3.62. The lowest BCUT2D eigenvalue weighted by atomic mass is 10.2. The van der Waals surface area contributed by atoms with E-state index in [0.29, 0.717) is 17.1 Å². The van der Waals surface area contributed by atoms with E-state index in [1.54, 1.807) is 18.2 Å². The fourth-order valence-corrected chi connectivity index (χ4v) is 2.28. The number of amides is 1. The second-order valence-corrected chi connectivity index (χ2v) is 5.32. The Labute approximate surface area is 138 Å². The average molecular weight is 359 g/mol. The first-order valence-electron chi connectivity index (χ1n) is 6.45. The van der Waals surface area contributed by atoms with Gasteiger partial charge in [0, 0.05) is 6.08 Å². The number of benzene rings is 1. The van der Waals surface area contributed by atoms with Crippen LogP contribution in [0.15, 0.2) is 24.3 Å². The van der Waals surface area contributed by atoms with Gasteiger partial charge in [0.05, 0.1) is 14.2 Å². The van der Waals surface area contributed by atoms with Crippen molar-refractivity contribution in [3.05, 3.63) is 34.8 Å². The second-order valence-electron chi connectivity index (χ2n) is 4.35. The Hall–Kier alpha value is -2.62. The number of halogens is 3. The van der Waals surface area contributed by atoms with E-state index < -0.39 is 17.1 Å². The zero-order chi connectivity index (χ0) is 17.7. The summed E-state index contributed by atoms with van der Waals surface area (Å²) in [5, 5.41) is 7.11. The molecule has 0 saturated carbocycles. The normalized spacial score (nSPS) is 11.5. The van der Waals surface area contributed by atoms with Crippen LogP contribution in [0.25, 0.3) is 6.08 Å². The maximum atomic E-state index is 12.4. The molecule has 10 heteroatoms. The van der Waals surface area contributed by atoms with Gasteiger partial charge in [-0.2, -0.15) is 13.2 Å². The standard InChI is InChI=1S/C14H12F3N3O3S/c1-22-9-5-3-8(7-10(9)23-2)4-6-11(21)18-13-20-19-12(24-13)14(15,16)17/h3-7H,1-2H3,(H,18,20,21)/b6-4+. The molecule has 0 aliphatic carbocycles. The number of anilines is 1. The zero-order valence-electron chi connectivity index (χ0n) is 12.5. The first kappa shape index (κ1) is 17.7. The van der Waals surface area contributed by atoms with Crippen molar-refractivity contribution in [2.24, 2.45) is 0 Å². The van der Waals surface area contributed by atoms with Gasteiger partial charge in [-0.05, 0) is 23.8 Å². The molecule has 1 aromatic carbocycles. The Morgan fingerprint density at radius 2 is 1.92 bits per heavy atom. The van der Waals surface area contributed by atoms with Crippen LogP contribution in [0.1, 0.15) is 10.6 Å². The van der Waals surface area contributed by atoms with Crippen LogP contribution in [0, 0.1) is 0 Å². The summed E-state index contributed by atoms with van der Waals surface area (Å²) >= 11 is 0.251. The molecule has 0 saturated heterocycles. The lowest BCUT2D eigenvalue weighted by molar-refractivity contribution is -0.138. The first-order valence-corrected chi connectivity index (χ1v) is 7.27. The molecule has 6 nitrogen and oxygen atoms in total. The van der Waals surface area contributed by atoms with Crippen LogP contribution in [-0.4, -0.2) is 30.3 Å². The first-order chi connectivity index (χ1) is 11.3. The van der Waals surface area contributed by atoms with Gasteiger partial charge in [0.1, 0.15) is 0 Å². The molecule has 0 aliphatic rings. The summed E-state index contributed by atoms with van der Waals surface area (Å²) < 4.78 is 47.4. The molecule has 0 radical (unpaired) electrons. The van der Waals surface area contributed by atoms with Gasteiger partial charge in [-0.15, -0.1) is 10.2 Å². The quantitative estimate of drug-likeness (QED) is 0.830. The minimum atomic E-state index is -4.59. The molecule has 1 aromatic heterocycles. The molecule has 0 spiro atoms.